The fourth-order valence-electron chi connectivity index (χ4n) is 5.26. The van der Waals surface area contributed by atoms with Gasteiger partial charge in [0.25, 0.3) is 0 Å². The highest BCUT2D eigenvalue weighted by Crippen LogP contribution is 2.32. The van der Waals surface area contributed by atoms with E-state index in [0.717, 1.165) is 25.2 Å². The first kappa shape index (κ1) is 47.4. The molecule has 0 aliphatic heterocycles. The Morgan fingerprint density at radius 1 is 0.519 bits per heavy atom. The number of alkyl halides is 3. The van der Waals surface area contributed by atoms with Gasteiger partial charge in [0.1, 0.15) is 6.61 Å². The fraction of sp³-hybridized carbons (Fsp3) is 0.683. The van der Waals surface area contributed by atoms with Crippen LogP contribution in [0.3, 0.4) is 0 Å². The van der Waals surface area contributed by atoms with E-state index in [0.29, 0.717) is 85.0 Å². The highest BCUT2D eigenvalue weighted by Gasteiger charge is 2.30. The van der Waals surface area contributed by atoms with Gasteiger partial charge in [0.15, 0.2) is 0 Å². The lowest BCUT2D eigenvalue weighted by atomic mass is 10.1. The van der Waals surface area contributed by atoms with E-state index < -0.39 is 17.7 Å². The van der Waals surface area contributed by atoms with Crippen LogP contribution >= 0.6 is 0 Å². The second kappa shape index (κ2) is 32.5. The Bertz CT molecular complexity index is 1190. The van der Waals surface area contributed by atoms with Crippen molar-refractivity contribution in [1.82, 2.24) is 0 Å². The molecule has 0 heterocycles. The van der Waals surface area contributed by atoms with Gasteiger partial charge in [0.2, 0.25) is 0 Å². The number of halogens is 3. The molecule has 2 aromatic rings. The molecule has 0 aromatic heterocycles. The highest BCUT2D eigenvalue weighted by molar-refractivity contribution is 5.96. The average Bonchev–Trinajstić information content (AvgIpc) is 3.16. The molecule has 0 radical (unpaired) electrons. The molecule has 2 rings (SSSR count). The van der Waals surface area contributed by atoms with E-state index in [1.165, 1.54) is 82.4 Å². The average molecular weight is 772 g/mol. The van der Waals surface area contributed by atoms with E-state index in [-0.39, 0.29) is 24.5 Å². The van der Waals surface area contributed by atoms with Crippen LogP contribution in [0.5, 0.6) is 0 Å². The van der Waals surface area contributed by atoms with Gasteiger partial charge in [-0.05, 0) is 36.8 Å². The van der Waals surface area contributed by atoms with Gasteiger partial charge in [0, 0.05) is 12.3 Å². The molecule has 13 heteroatoms. The minimum atomic E-state index is -4.47. The van der Waals surface area contributed by atoms with E-state index in [1.54, 1.807) is 18.2 Å². The molecule has 0 unspecified atom stereocenters. The Labute approximate surface area is 320 Å². The summed E-state index contributed by atoms with van der Waals surface area (Å²) in [5.74, 6) is -0.621. The number of benzene rings is 2. The molecule has 0 bridgehead atoms. The molecule has 308 valence electrons. The van der Waals surface area contributed by atoms with Crippen molar-refractivity contribution in [1.29, 1.82) is 0 Å². The first-order chi connectivity index (χ1) is 26.4. The summed E-state index contributed by atoms with van der Waals surface area (Å²) in [6.45, 7) is 8.88. The Morgan fingerprint density at radius 3 is 1.43 bits per heavy atom. The molecule has 0 saturated heterocycles. The maximum absolute atomic E-state index is 13.1. The molecule has 0 spiro atoms. The van der Waals surface area contributed by atoms with E-state index in [4.69, 9.17) is 37.9 Å². The number of hydrogen-bond donors (Lipinski definition) is 1. The molecular formula is C41H64F3NO9. The molecule has 0 aliphatic rings. The first-order valence-corrected chi connectivity index (χ1v) is 19.7. The van der Waals surface area contributed by atoms with Crippen LogP contribution in [-0.2, 0) is 44.1 Å². The third-order valence-corrected chi connectivity index (χ3v) is 8.20. The predicted octanol–water partition coefficient (Wildman–Crippen LogP) is 9.03. The minimum absolute atomic E-state index is 0.00759. The molecule has 0 saturated carbocycles. The molecule has 0 fully saturated rings. The molecule has 0 atom stereocenters. The third kappa shape index (κ3) is 25.3. The van der Waals surface area contributed by atoms with Gasteiger partial charge in [-0.1, -0.05) is 89.3 Å². The number of carbonyl (C=O) groups is 1. The molecule has 10 nitrogen and oxygen atoms in total. The van der Waals surface area contributed by atoms with Gasteiger partial charge in [-0.2, -0.15) is 13.2 Å². The third-order valence-electron chi connectivity index (χ3n) is 8.20. The Balaban J connectivity index is 1.29. The number of unbranched alkanes of at least 4 members (excludes halogenated alkanes) is 10. The Hall–Kier alpha value is -2.78. The van der Waals surface area contributed by atoms with Crippen LogP contribution in [0.2, 0.25) is 0 Å². The number of ether oxygens (including phenoxy) is 8. The maximum Gasteiger partial charge on any atom is 0.416 e. The van der Waals surface area contributed by atoms with Crippen LogP contribution in [0, 0.1) is 0 Å². The normalized spacial score (nSPS) is 11.6. The number of hydrogen-bond acceptors (Lipinski definition) is 10. The maximum atomic E-state index is 13.1. The summed E-state index contributed by atoms with van der Waals surface area (Å²) in [4.78, 5) is 12.6. The van der Waals surface area contributed by atoms with Gasteiger partial charge in [-0.3, -0.25) is 0 Å². The van der Waals surface area contributed by atoms with Crippen LogP contribution in [0.15, 0.2) is 48.5 Å². The van der Waals surface area contributed by atoms with E-state index >= 15 is 0 Å². The minimum Gasteiger partial charge on any atom is -0.460 e. The van der Waals surface area contributed by atoms with Crippen LogP contribution < -0.4 is 5.32 Å². The molecule has 1 N–H and O–H groups in total. The van der Waals surface area contributed by atoms with Crippen LogP contribution in [0.25, 0.3) is 0 Å². The van der Waals surface area contributed by atoms with Gasteiger partial charge in [-0.25, -0.2) is 4.79 Å². The summed E-state index contributed by atoms with van der Waals surface area (Å²) in [6.07, 6.45) is 10.2. The van der Waals surface area contributed by atoms with Crippen molar-refractivity contribution < 1.29 is 55.9 Å². The SMILES string of the molecule is CCCCCCCCCCCCCOCCOCCOCCOCCOCCOCCOCCOC(=O)c1ccccc1Nc1cccc(C(F)(F)F)c1. The number of para-hydroxylation sites is 1. The quantitative estimate of drug-likeness (QED) is 0.0534. The van der Waals surface area contributed by atoms with Crippen LogP contribution in [0.4, 0.5) is 24.5 Å². The topological polar surface area (TPSA) is 103 Å². The largest absolute Gasteiger partial charge is 0.460 e. The van der Waals surface area contributed by atoms with Crippen molar-refractivity contribution in [2.75, 3.05) is 104 Å². The van der Waals surface area contributed by atoms with Crippen molar-refractivity contribution in [3.05, 3.63) is 59.7 Å². The second-order valence-corrected chi connectivity index (χ2v) is 12.7. The molecule has 0 aliphatic carbocycles. The summed E-state index contributed by atoms with van der Waals surface area (Å²) in [5, 5.41) is 2.86. The van der Waals surface area contributed by atoms with E-state index in [1.807, 2.05) is 0 Å². The summed E-state index contributed by atoms with van der Waals surface area (Å²) in [6, 6.07) is 11.2. The zero-order chi connectivity index (χ0) is 38.8. The van der Waals surface area contributed by atoms with Gasteiger partial charge in [-0.15, -0.1) is 0 Å². The van der Waals surface area contributed by atoms with Crippen molar-refractivity contribution in [3.8, 4) is 0 Å². The van der Waals surface area contributed by atoms with E-state index in [9.17, 15) is 18.0 Å². The second-order valence-electron chi connectivity index (χ2n) is 12.7. The molecule has 2 aromatic carbocycles. The van der Waals surface area contributed by atoms with Gasteiger partial charge >= 0.3 is 12.1 Å². The standard InChI is InChI=1S/C41H64F3NO9/c1-2-3-4-5-6-7-8-9-10-11-14-20-47-21-22-48-23-24-49-25-26-50-27-28-51-29-30-52-31-32-53-33-34-54-40(46)38-18-12-13-19-39(38)45-37-17-15-16-36(35-37)41(42,43)44/h12-13,15-19,35,45H,2-11,14,20-34H2,1H3. The predicted molar refractivity (Wildman–Crippen MR) is 204 cm³/mol. The fourth-order valence-corrected chi connectivity index (χ4v) is 5.26. The van der Waals surface area contributed by atoms with Gasteiger partial charge < -0.3 is 43.2 Å². The van der Waals surface area contributed by atoms with Crippen molar-refractivity contribution in [3.63, 3.8) is 0 Å². The summed E-state index contributed by atoms with van der Waals surface area (Å²) in [7, 11) is 0. The molecule has 0 amide bonds. The number of anilines is 2. The number of carbonyl (C=O) groups excluding carboxylic acids is 1. The lowest BCUT2D eigenvalue weighted by Crippen LogP contribution is -2.15. The zero-order valence-corrected chi connectivity index (χ0v) is 32.3. The number of nitrogens with one attached hydrogen (secondary N) is 1. The Kier molecular flexibility index (Phi) is 28.5. The zero-order valence-electron chi connectivity index (χ0n) is 32.3. The smallest absolute Gasteiger partial charge is 0.416 e. The van der Waals surface area contributed by atoms with Crippen LogP contribution in [0.1, 0.15) is 93.5 Å². The molecular weight excluding hydrogens is 707 g/mol. The lowest BCUT2D eigenvalue weighted by molar-refractivity contribution is -0.137. The monoisotopic (exact) mass is 771 g/mol. The van der Waals surface area contributed by atoms with Gasteiger partial charge in [0.05, 0.1) is 103 Å². The summed E-state index contributed by atoms with van der Waals surface area (Å²) < 4.78 is 83.0. The summed E-state index contributed by atoms with van der Waals surface area (Å²) >= 11 is 0. The number of esters is 1. The van der Waals surface area contributed by atoms with Crippen molar-refractivity contribution in [2.45, 2.75) is 83.7 Å². The lowest BCUT2D eigenvalue weighted by Gasteiger charge is -2.13. The number of rotatable bonds is 36. The summed E-state index contributed by atoms with van der Waals surface area (Å²) in [5.41, 5.74) is -0.0642. The van der Waals surface area contributed by atoms with E-state index in [2.05, 4.69) is 12.2 Å². The van der Waals surface area contributed by atoms with Crippen molar-refractivity contribution >= 4 is 17.3 Å². The Morgan fingerprint density at radius 2 is 0.944 bits per heavy atom. The first-order valence-electron chi connectivity index (χ1n) is 19.7. The highest BCUT2D eigenvalue weighted by atomic mass is 19.4. The van der Waals surface area contributed by atoms with Crippen LogP contribution in [-0.4, -0.2) is 105 Å². The van der Waals surface area contributed by atoms with Crippen molar-refractivity contribution in [2.24, 2.45) is 0 Å². The molecule has 54 heavy (non-hydrogen) atoms.